The van der Waals surface area contributed by atoms with Gasteiger partial charge in [0.2, 0.25) is 0 Å². The van der Waals surface area contributed by atoms with Crippen LogP contribution in [-0.4, -0.2) is 26.1 Å². The van der Waals surface area contributed by atoms with E-state index in [-0.39, 0.29) is 16.4 Å². The molecule has 2 aromatic rings. The SMILES string of the molecule is CC(C)(CNc1ccc([N+](=O)[O-])cc1S(C)(=O)=O)c1ccc(F)cc1. The zero-order valence-corrected chi connectivity index (χ0v) is 14.9. The van der Waals surface area contributed by atoms with E-state index in [4.69, 9.17) is 0 Å². The van der Waals surface area contributed by atoms with Gasteiger partial charge in [-0.25, -0.2) is 12.8 Å². The molecular weight excluding hydrogens is 347 g/mol. The first kappa shape index (κ1) is 18.9. The van der Waals surface area contributed by atoms with Crippen molar-refractivity contribution >= 4 is 21.2 Å². The molecule has 0 saturated heterocycles. The quantitative estimate of drug-likeness (QED) is 0.624. The Balaban J connectivity index is 2.30. The first-order valence-corrected chi connectivity index (χ1v) is 9.38. The Kier molecular flexibility index (Phi) is 5.12. The Hall–Kier alpha value is -2.48. The number of nitro benzene ring substituents is 1. The lowest BCUT2D eigenvalue weighted by molar-refractivity contribution is -0.385. The van der Waals surface area contributed by atoms with Crippen molar-refractivity contribution < 1.29 is 17.7 Å². The van der Waals surface area contributed by atoms with Crippen molar-refractivity contribution in [1.82, 2.24) is 0 Å². The van der Waals surface area contributed by atoms with Gasteiger partial charge in [0.15, 0.2) is 9.84 Å². The van der Waals surface area contributed by atoms with Crippen molar-refractivity contribution in [2.45, 2.75) is 24.2 Å². The van der Waals surface area contributed by atoms with Gasteiger partial charge in [0.05, 0.1) is 15.5 Å². The largest absolute Gasteiger partial charge is 0.383 e. The molecular formula is C17H19FN2O4S. The van der Waals surface area contributed by atoms with Crippen LogP contribution in [0.2, 0.25) is 0 Å². The fourth-order valence-corrected chi connectivity index (χ4v) is 3.27. The minimum absolute atomic E-state index is 0.128. The lowest BCUT2D eigenvalue weighted by Gasteiger charge is -2.26. The Bertz CT molecular complexity index is 893. The van der Waals surface area contributed by atoms with E-state index in [0.717, 1.165) is 17.9 Å². The minimum atomic E-state index is -3.64. The number of sulfone groups is 1. The second-order valence-corrected chi connectivity index (χ2v) is 8.44. The van der Waals surface area contributed by atoms with Gasteiger partial charge in [0.1, 0.15) is 5.82 Å². The summed E-state index contributed by atoms with van der Waals surface area (Å²) in [5.74, 6) is -0.331. The molecule has 2 rings (SSSR count). The molecule has 0 saturated carbocycles. The highest BCUT2D eigenvalue weighted by molar-refractivity contribution is 7.90. The topological polar surface area (TPSA) is 89.3 Å². The predicted octanol–water partition coefficient (Wildman–Crippen LogP) is 3.53. The fourth-order valence-electron chi connectivity index (χ4n) is 2.40. The summed E-state index contributed by atoms with van der Waals surface area (Å²) < 4.78 is 37.0. The number of rotatable bonds is 6. The highest BCUT2D eigenvalue weighted by atomic mass is 32.2. The van der Waals surface area contributed by atoms with E-state index in [1.165, 1.54) is 24.3 Å². The van der Waals surface area contributed by atoms with Crippen LogP contribution in [0.5, 0.6) is 0 Å². The molecule has 0 aliphatic carbocycles. The monoisotopic (exact) mass is 366 g/mol. The maximum absolute atomic E-state index is 13.1. The van der Waals surface area contributed by atoms with E-state index in [2.05, 4.69) is 5.32 Å². The van der Waals surface area contributed by atoms with Gasteiger partial charge in [-0.3, -0.25) is 10.1 Å². The highest BCUT2D eigenvalue weighted by Crippen LogP contribution is 2.29. The van der Waals surface area contributed by atoms with Gasteiger partial charge < -0.3 is 5.32 Å². The molecule has 0 heterocycles. The summed E-state index contributed by atoms with van der Waals surface area (Å²) >= 11 is 0. The molecule has 0 radical (unpaired) electrons. The molecule has 2 aromatic carbocycles. The highest BCUT2D eigenvalue weighted by Gasteiger charge is 2.23. The Morgan fingerprint density at radius 3 is 2.28 bits per heavy atom. The zero-order valence-electron chi connectivity index (χ0n) is 14.1. The third-order valence-corrected chi connectivity index (χ3v) is 5.06. The van der Waals surface area contributed by atoms with Crippen LogP contribution in [0.4, 0.5) is 15.8 Å². The summed E-state index contributed by atoms with van der Waals surface area (Å²) in [6, 6.07) is 9.75. The van der Waals surface area contributed by atoms with Crippen LogP contribution in [0.1, 0.15) is 19.4 Å². The van der Waals surface area contributed by atoms with Gasteiger partial charge in [-0.2, -0.15) is 0 Å². The van der Waals surface area contributed by atoms with Crippen LogP contribution in [0.25, 0.3) is 0 Å². The average Bonchev–Trinajstić information content (AvgIpc) is 2.52. The fraction of sp³-hybridized carbons (Fsp3) is 0.294. The van der Waals surface area contributed by atoms with Crippen LogP contribution < -0.4 is 5.32 Å². The molecule has 0 aliphatic rings. The third-order valence-electron chi connectivity index (χ3n) is 3.92. The summed E-state index contributed by atoms with van der Waals surface area (Å²) in [7, 11) is -3.64. The van der Waals surface area contributed by atoms with Crippen LogP contribution in [-0.2, 0) is 15.3 Å². The standard InChI is InChI=1S/C17H19FN2O4S/c1-17(2,12-4-6-13(18)7-5-12)11-19-15-9-8-14(20(21)22)10-16(15)25(3,23)24/h4-10,19H,11H2,1-3H3. The van der Waals surface area contributed by atoms with Crippen molar-refractivity contribution in [3.05, 3.63) is 64.0 Å². The lowest BCUT2D eigenvalue weighted by Crippen LogP contribution is -2.28. The van der Waals surface area contributed by atoms with Gasteiger partial charge >= 0.3 is 0 Å². The Labute approximate surface area is 145 Å². The molecule has 0 aromatic heterocycles. The molecule has 0 amide bonds. The Morgan fingerprint density at radius 2 is 1.76 bits per heavy atom. The van der Waals surface area contributed by atoms with E-state index in [1.54, 1.807) is 12.1 Å². The molecule has 0 unspecified atom stereocenters. The second-order valence-electron chi connectivity index (χ2n) is 6.45. The molecule has 0 fully saturated rings. The van der Waals surface area contributed by atoms with Crippen molar-refractivity contribution in [2.24, 2.45) is 0 Å². The number of nitrogens with zero attached hydrogens (tertiary/aromatic N) is 1. The molecule has 0 spiro atoms. The normalized spacial score (nSPS) is 12.0. The molecule has 0 aliphatic heterocycles. The second kappa shape index (κ2) is 6.79. The van der Waals surface area contributed by atoms with Crippen molar-refractivity contribution in [3.8, 4) is 0 Å². The van der Waals surface area contributed by atoms with Crippen LogP contribution in [0.3, 0.4) is 0 Å². The molecule has 134 valence electrons. The van der Waals surface area contributed by atoms with E-state index in [1.807, 2.05) is 13.8 Å². The smallest absolute Gasteiger partial charge is 0.270 e. The number of nitrogens with one attached hydrogen (secondary N) is 1. The first-order chi connectivity index (χ1) is 11.5. The maximum atomic E-state index is 13.1. The number of anilines is 1. The summed E-state index contributed by atoms with van der Waals surface area (Å²) in [6.07, 6.45) is 1.00. The van der Waals surface area contributed by atoms with Crippen molar-refractivity contribution in [3.63, 3.8) is 0 Å². The predicted molar refractivity (Wildman–Crippen MR) is 94.1 cm³/mol. The van der Waals surface area contributed by atoms with E-state index >= 15 is 0 Å². The van der Waals surface area contributed by atoms with E-state index in [0.29, 0.717) is 12.2 Å². The molecule has 0 bridgehead atoms. The molecule has 8 heteroatoms. The van der Waals surface area contributed by atoms with Gasteiger partial charge in [0.25, 0.3) is 5.69 Å². The van der Waals surface area contributed by atoms with Crippen LogP contribution in [0.15, 0.2) is 47.4 Å². The first-order valence-electron chi connectivity index (χ1n) is 7.49. The third kappa shape index (κ3) is 4.54. The number of non-ortho nitro benzene ring substituents is 1. The van der Waals surface area contributed by atoms with E-state index in [9.17, 15) is 22.9 Å². The van der Waals surface area contributed by atoms with Crippen LogP contribution >= 0.6 is 0 Å². The van der Waals surface area contributed by atoms with Gasteiger partial charge in [-0.15, -0.1) is 0 Å². The summed E-state index contributed by atoms with van der Waals surface area (Å²) in [5, 5.41) is 13.9. The number of hydrogen-bond acceptors (Lipinski definition) is 5. The molecule has 6 nitrogen and oxygen atoms in total. The molecule has 1 N–H and O–H groups in total. The van der Waals surface area contributed by atoms with Crippen LogP contribution in [0, 0.1) is 15.9 Å². The average molecular weight is 366 g/mol. The Morgan fingerprint density at radius 1 is 1.16 bits per heavy atom. The van der Waals surface area contributed by atoms with Gasteiger partial charge in [-0.05, 0) is 23.8 Å². The lowest BCUT2D eigenvalue weighted by atomic mass is 9.84. The zero-order chi connectivity index (χ0) is 18.8. The minimum Gasteiger partial charge on any atom is -0.383 e. The molecule has 25 heavy (non-hydrogen) atoms. The van der Waals surface area contributed by atoms with Crippen molar-refractivity contribution in [1.29, 1.82) is 0 Å². The number of halogens is 1. The summed E-state index contributed by atoms with van der Waals surface area (Å²) in [5.41, 5.74) is 0.473. The van der Waals surface area contributed by atoms with E-state index < -0.39 is 20.2 Å². The molecule has 0 atom stereocenters. The van der Waals surface area contributed by atoms with Crippen molar-refractivity contribution in [2.75, 3.05) is 18.1 Å². The summed E-state index contributed by atoms with van der Waals surface area (Å²) in [6.45, 7) is 4.22. The number of nitro groups is 1. The maximum Gasteiger partial charge on any atom is 0.270 e. The van der Waals surface area contributed by atoms with Gasteiger partial charge in [0, 0.05) is 30.3 Å². The summed E-state index contributed by atoms with van der Waals surface area (Å²) in [4.78, 5) is 10.1. The number of benzene rings is 2. The van der Waals surface area contributed by atoms with Gasteiger partial charge in [-0.1, -0.05) is 26.0 Å². The number of hydrogen-bond donors (Lipinski definition) is 1.